The van der Waals surface area contributed by atoms with Crippen LogP contribution in [0.25, 0.3) is 0 Å². The van der Waals surface area contributed by atoms with Crippen molar-refractivity contribution in [3.8, 4) is 0 Å². The standard InChI is InChI=1S/C12H13BrN4/c1-8-11(14-2)15-7-16-12(8)17-10-5-3-4-9(13)6-10/h3-7H,1-2H3,(H2,14,15,16,17). The lowest BCUT2D eigenvalue weighted by atomic mass is 10.2. The molecule has 1 aromatic heterocycles. The Bertz CT molecular complexity index is 528. The predicted octanol–water partition coefficient (Wildman–Crippen LogP) is 3.33. The summed E-state index contributed by atoms with van der Waals surface area (Å²) in [6.45, 7) is 1.98. The van der Waals surface area contributed by atoms with Crippen molar-refractivity contribution >= 4 is 33.3 Å². The van der Waals surface area contributed by atoms with Crippen LogP contribution in [0, 0.1) is 6.92 Å². The Morgan fingerprint density at radius 2 is 1.94 bits per heavy atom. The zero-order valence-corrected chi connectivity index (χ0v) is 11.2. The van der Waals surface area contributed by atoms with Gasteiger partial charge in [0.2, 0.25) is 0 Å². The third kappa shape index (κ3) is 2.74. The summed E-state index contributed by atoms with van der Waals surface area (Å²) in [4.78, 5) is 8.38. The van der Waals surface area contributed by atoms with Gasteiger partial charge < -0.3 is 10.6 Å². The Morgan fingerprint density at radius 3 is 2.65 bits per heavy atom. The number of hydrogen-bond acceptors (Lipinski definition) is 4. The van der Waals surface area contributed by atoms with Gasteiger partial charge >= 0.3 is 0 Å². The monoisotopic (exact) mass is 292 g/mol. The number of nitrogens with one attached hydrogen (secondary N) is 2. The Morgan fingerprint density at radius 1 is 1.18 bits per heavy atom. The van der Waals surface area contributed by atoms with E-state index in [2.05, 4.69) is 36.5 Å². The number of benzene rings is 1. The molecule has 2 N–H and O–H groups in total. The molecule has 1 heterocycles. The Balaban J connectivity index is 2.30. The summed E-state index contributed by atoms with van der Waals surface area (Å²) < 4.78 is 1.03. The molecule has 0 amide bonds. The van der Waals surface area contributed by atoms with Crippen molar-refractivity contribution in [2.24, 2.45) is 0 Å². The molecule has 5 heteroatoms. The Hall–Kier alpha value is -1.62. The average Bonchev–Trinajstić information content (AvgIpc) is 2.32. The predicted molar refractivity (Wildman–Crippen MR) is 73.7 cm³/mol. The Kier molecular flexibility index (Phi) is 3.58. The molecule has 0 aliphatic rings. The maximum atomic E-state index is 4.23. The van der Waals surface area contributed by atoms with Gasteiger partial charge in [-0.3, -0.25) is 0 Å². The molecule has 1 aromatic carbocycles. The van der Waals surface area contributed by atoms with Crippen molar-refractivity contribution in [3.05, 3.63) is 40.6 Å². The average molecular weight is 293 g/mol. The third-order valence-corrected chi connectivity index (χ3v) is 2.90. The highest BCUT2D eigenvalue weighted by Gasteiger charge is 2.05. The molecule has 0 atom stereocenters. The van der Waals surface area contributed by atoms with Crippen molar-refractivity contribution in [2.45, 2.75) is 6.92 Å². The first-order chi connectivity index (χ1) is 8.20. The quantitative estimate of drug-likeness (QED) is 0.911. The van der Waals surface area contributed by atoms with Crippen LogP contribution in [0.15, 0.2) is 35.1 Å². The van der Waals surface area contributed by atoms with Gasteiger partial charge in [-0.25, -0.2) is 9.97 Å². The van der Waals surface area contributed by atoms with Gasteiger partial charge in [-0.15, -0.1) is 0 Å². The molecule has 17 heavy (non-hydrogen) atoms. The molecule has 0 unspecified atom stereocenters. The lowest BCUT2D eigenvalue weighted by Crippen LogP contribution is -2.02. The van der Waals surface area contributed by atoms with Crippen LogP contribution < -0.4 is 10.6 Å². The summed E-state index contributed by atoms with van der Waals surface area (Å²) in [5, 5.41) is 6.30. The van der Waals surface area contributed by atoms with E-state index in [1.165, 1.54) is 0 Å². The van der Waals surface area contributed by atoms with E-state index in [4.69, 9.17) is 0 Å². The highest BCUT2D eigenvalue weighted by atomic mass is 79.9. The van der Waals surface area contributed by atoms with Gasteiger partial charge in [0.05, 0.1) is 0 Å². The lowest BCUT2D eigenvalue weighted by molar-refractivity contribution is 1.12. The summed E-state index contributed by atoms with van der Waals surface area (Å²) in [6, 6.07) is 7.95. The second-order valence-corrected chi connectivity index (χ2v) is 4.50. The number of aromatic nitrogens is 2. The van der Waals surface area contributed by atoms with Crippen molar-refractivity contribution < 1.29 is 0 Å². The number of nitrogens with zero attached hydrogens (tertiary/aromatic N) is 2. The minimum absolute atomic E-state index is 0.808. The minimum Gasteiger partial charge on any atom is -0.373 e. The Labute approximate surface area is 109 Å². The number of hydrogen-bond donors (Lipinski definition) is 2. The van der Waals surface area contributed by atoms with Crippen LogP contribution in [0.2, 0.25) is 0 Å². The van der Waals surface area contributed by atoms with E-state index in [1.54, 1.807) is 6.33 Å². The van der Waals surface area contributed by atoms with Gasteiger partial charge in [0.15, 0.2) is 0 Å². The summed E-state index contributed by atoms with van der Waals surface area (Å²) >= 11 is 3.44. The van der Waals surface area contributed by atoms with Crippen LogP contribution in [0.1, 0.15) is 5.56 Å². The molecule has 0 aliphatic heterocycles. The number of rotatable bonds is 3. The van der Waals surface area contributed by atoms with Gasteiger partial charge in [-0.1, -0.05) is 22.0 Å². The molecular formula is C12H13BrN4. The molecule has 0 saturated heterocycles. The largest absolute Gasteiger partial charge is 0.373 e. The molecule has 0 bridgehead atoms. The highest BCUT2D eigenvalue weighted by Crippen LogP contribution is 2.23. The topological polar surface area (TPSA) is 49.8 Å². The van der Waals surface area contributed by atoms with Crippen molar-refractivity contribution in [1.29, 1.82) is 0 Å². The molecule has 0 spiro atoms. The molecule has 2 aromatic rings. The number of halogens is 1. The van der Waals surface area contributed by atoms with E-state index in [1.807, 2.05) is 38.2 Å². The van der Waals surface area contributed by atoms with Crippen molar-refractivity contribution in [2.75, 3.05) is 17.7 Å². The molecule has 4 nitrogen and oxygen atoms in total. The first-order valence-electron chi connectivity index (χ1n) is 5.22. The van der Waals surface area contributed by atoms with Crippen LogP contribution in [0.3, 0.4) is 0 Å². The van der Waals surface area contributed by atoms with Gasteiger partial charge in [-0.2, -0.15) is 0 Å². The van der Waals surface area contributed by atoms with E-state index in [0.29, 0.717) is 0 Å². The SMILES string of the molecule is CNc1ncnc(Nc2cccc(Br)c2)c1C. The lowest BCUT2D eigenvalue weighted by Gasteiger charge is -2.11. The summed E-state index contributed by atoms with van der Waals surface area (Å²) in [6.07, 6.45) is 1.54. The maximum Gasteiger partial charge on any atom is 0.138 e. The minimum atomic E-state index is 0.808. The van der Waals surface area contributed by atoms with E-state index in [9.17, 15) is 0 Å². The summed E-state index contributed by atoms with van der Waals surface area (Å²) in [5.41, 5.74) is 1.98. The van der Waals surface area contributed by atoms with Crippen LogP contribution >= 0.6 is 15.9 Å². The van der Waals surface area contributed by atoms with Crippen LogP contribution in [0.4, 0.5) is 17.3 Å². The van der Waals surface area contributed by atoms with E-state index >= 15 is 0 Å². The van der Waals surface area contributed by atoms with Crippen molar-refractivity contribution in [3.63, 3.8) is 0 Å². The second-order valence-electron chi connectivity index (χ2n) is 3.58. The van der Waals surface area contributed by atoms with Gasteiger partial charge in [0, 0.05) is 22.8 Å². The van der Waals surface area contributed by atoms with Gasteiger partial charge in [0.25, 0.3) is 0 Å². The first-order valence-corrected chi connectivity index (χ1v) is 6.02. The molecule has 0 fully saturated rings. The highest BCUT2D eigenvalue weighted by molar-refractivity contribution is 9.10. The fraction of sp³-hybridized carbons (Fsp3) is 0.167. The normalized spacial score (nSPS) is 10.1. The molecule has 88 valence electrons. The molecule has 0 saturated carbocycles. The van der Waals surface area contributed by atoms with E-state index in [0.717, 1.165) is 27.4 Å². The van der Waals surface area contributed by atoms with Crippen LogP contribution in [0.5, 0.6) is 0 Å². The fourth-order valence-corrected chi connectivity index (χ4v) is 1.93. The van der Waals surface area contributed by atoms with Crippen LogP contribution in [-0.2, 0) is 0 Å². The number of anilines is 3. The van der Waals surface area contributed by atoms with E-state index in [-0.39, 0.29) is 0 Å². The molecule has 0 radical (unpaired) electrons. The first kappa shape index (κ1) is 11.9. The summed E-state index contributed by atoms with van der Waals surface area (Å²) in [7, 11) is 1.85. The molecule has 2 rings (SSSR count). The molecule has 0 aliphatic carbocycles. The maximum absolute atomic E-state index is 4.23. The van der Waals surface area contributed by atoms with Crippen molar-refractivity contribution in [1.82, 2.24) is 9.97 Å². The van der Waals surface area contributed by atoms with Crippen LogP contribution in [-0.4, -0.2) is 17.0 Å². The third-order valence-electron chi connectivity index (χ3n) is 2.41. The second kappa shape index (κ2) is 5.14. The van der Waals surface area contributed by atoms with Gasteiger partial charge in [-0.05, 0) is 25.1 Å². The summed E-state index contributed by atoms with van der Waals surface area (Å²) in [5.74, 6) is 1.64. The van der Waals surface area contributed by atoms with E-state index < -0.39 is 0 Å². The molecular weight excluding hydrogens is 280 g/mol. The zero-order valence-electron chi connectivity index (χ0n) is 9.66. The smallest absolute Gasteiger partial charge is 0.138 e. The van der Waals surface area contributed by atoms with Gasteiger partial charge in [0.1, 0.15) is 18.0 Å². The zero-order chi connectivity index (χ0) is 12.3. The fourth-order valence-electron chi connectivity index (χ4n) is 1.53.